The predicted molar refractivity (Wildman–Crippen MR) is 42.1 cm³/mol. The van der Waals surface area contributed by atoms with Gasteiger partial charge < -0.3 is 5.32 Å². The average Bonchev–Trinajstić information content (AvgIpc) is 1.80. The zero-order chi connectivity index (χ0) is 7.11. The summed E-state index contributed by atoms with van der Waals surface area (Å²) in [5.74, 6) is 0. The first kappa shape index (κ1) is 8.96. The lowest BCUT2D eigenvalue weighted by Gasteiger charge is -2.05. The van der Waals surface area contributed by atoms with Gasteiger partial charge in [-0.2, -0.15) is 0 Å². The maximum absolute atomic E-state index is 3.26. The van der Waals surface area contributed by atoms with Gasteiger partial charge in [0, 0.05) is 12.6 Å². The van der Waals surface area contributed by atoms with Gasteiger partial charge in [-0.25, -0.2) is 0 Å². The zero-order valence-corrected chi connectivity index (χ0v) is 6.78. The van der Waals surface area contributed by atoms with Crippen LogP contribution in [0.3, 0.4) is 0 Å². The van der Waals surface area contributed by atoms with Gasteiger partial charge in [-0.3, -0.25) is 0 Å². The van der Waals surface area contributed by atoms with Gasteiger partial charge in [-0.15, -0.1) is 0 Å². The number of nitrogens with one attached hydrogen (secondary N) is 1. The molecule has 0 aromatic heterocycles. The van der Waals surface area contributed by atoms with Gasteiger partial charge in [-0.1, -0.05) is 33.6 Å². The molecule has 0 saturated carbocycles. The highest BCUT2D eigenvalue weighted by atomic mass is 14.9. The Bertz CT molecular complexity index is 50.5. The first-order valence-electron chi connectivity index (χ1n) is 3.85. The van der Waals surface area contributed by atoms with E-state index < -0.39 is 0 Å². The summed E-state index contributed by atoms with van der Waals surface area (Å²) in [5.41, 5.74) is 0. The monoisotopic (exact) mass is 128 g/mol. The van der Waals surface area contributed by atoms with E-state index >= 15 is 0 Å². The minimum absolute atomic E-state index is 0.599. The summed E-state index contributed by atoms with van der Waals surface area (Å²) in [6, 6.07) is 0.599. The normalized spacial score (nSPS) is 10.7. The highest BCUT2D eigenvalue weighted by molar-refractivity contribution is 4.63. The van der Waals surface area contributed by atoms with E-state index in [1.165, 1.54) is 19.3 Å². The van der Waals surface area contributed by atoms with Crippen molar-refractivity contribution in [2.45, 2.75) is 46.1 Å². The maximum atomic E-state index is 3.26. The molecule has 0 fully saturated rings. The molecule has 0 aromatic carbocycles. The van der Waals surface area contributed by atoms with Crippen LogP contribution >= 0.6 is 0 Å². The fourth-order valence-electron chi connectivity index (χ4n) is 0.625. The van der Waals surface area contributed by atoms with E-state index in [9.17, 15) is 0 Å². The Labute approximate surface area is 58.8 Å². The molecule has 0 unspecified atom stereocenters. The van der Waals surface area contributed by atoms with E-state index in [0.717, 1.165) is 0 Å². The van der Waals surface area contributed by atoms with Crippen molar-refractivity contribution in [3.63, 3.8) is 0 Å². The van der Waals surface area contributed by atoms with Crippen molar-refractivity contribution in [3.8, 4) is 0 Å². The molecule has 0 spiro atoms. The van der Waals surface area contributed by atoms with Crippen molar-refractivity contribution in [1.29, 1.82) is 0 Å². The molecule has 0 atom stereocenters. The third-order valence-electron chi connectivity index (χ3n) is 1.15. The van der Waals surface area contributed by atoms with E-state index in [4.69, 9.17) is 0 Å². The highest BCUT2D eigenvalue weighted by Gasteiger charge is 1.89. The van der Waals surface area contributed by atoms with Crippen LogP contribution in [0, 0.1) is 6.54 Å². The Morgan fingerprint density at radius 2 is 2.11 bits per heavy atom. The molecular weight excluding hydrogens is 110 g/mol. The van der Waals surface area contributed by atoms with Crippen molar-refractivity contribution >= 4 is 0 Å². The van der Waals surface area contributed by atoms with E-state index in [2.05, 4.69) is 32.6 Å². The first-order chi connectivity index (χ1) is 4.27. The van der Waals surface area contributed by atoms with Crippen LogP contribution in [0.1, 0.15) is 40.0 Å². The molecule has 0 aliphatic rings. The molecule has 0 heterocycles. The van der Waals surface area contributed by atoms with E-state index in [1.807, 2.05) is 0 Å². The fourth-order valence-corrected chi connectivity index (χ4v) is 0.625. The largest absolute Gasteiger partial charge is 0.310 e. The minimum atomic E-state index is 0.599. The third kappa shape index (κ3) is 7.96. The van der Waals surface area contributed by atoms with Crippen LogP contribution in [0.2, 0.25) is 0 Å². The highest BCUT2D eigenvalue weighted by Crippen LogP contribution is 1.95. The van der Waals surface area contributed by atoms with Crippen molar-refractivity contribution < 1.29 is 0 Å². The Balaban J connectivity index is 2.75. The lowest BCUT2D eigenvalue weighted by atomic mass is 10.2. The number of unbranched alkanes of at least 4 members (excludes halogenated alkanes) is 2. The molecule has 1 N–H and O–H groups in total. The second-order valence-electron chi connectivity index (χ2n) is 2.67. The molecular formula is C8H18N. The molecule has 0 aliphatic carbocycles. The van der Waals surface area contributed by atoms with Crippen LogP contribution in [0.15, 0.2) is 0 Å². The lowest BCUT2D eigenvalue weighted by molar-refractivity contribution is 0.617. The van der Waals surface area contributed by atoms with Crippen molar-refractivity contribution in [2.24, 2.45) is 0 Å². The summed E-state index contributed by atoms with van der Waals surface area (Å²) in [5, 5.41) is 3.26. The summed E-state index contributed by atoms with van der Waals surface area (Å²) in [6.07, 6.45) is 3.80. The molecule has 0 saturated heterocycles. The third-order valence-corrected chi connectivity index (χ3v) is 1.15. The van der Waals surface area contributed by atoms with Crippen molar-refractivity contribution in [1.82, 2.24) is 5.32 Å². The van der Waals surface area contributed by atoms with Crippen LogP contribution < -0.4 is 5.32 Å². The van der Waals surface area contributed by atoms with Gasteiger partial charge in [0.2, 0.25) is 0 Å². The van der Waals surface area contributed by atoms with Gasteiger partial charge in [-0.05, 0) is 6.42 Å². The van der Waals surface area contributed by atoms with Crippen molar-refractivity contribution in [2.75, 3.05) is 0 Å². The molecule has 55 valence electrons. The number of hydrogen-bond donors (Lipinski definition) is 1. The van der Waals surface area contributed by atoms with Gasteiger partial charge in [0.25, 0.3) is 0 Å². The quantitative estimate of drug-likeness (QED) is 0.560. The summed E-state index contributed by atoms with van der Waals surface area (Å²) in [4.78, 5) is 0. The van der Waals surface area contributed by atoms with Crippen LogP contribution in [0.25, 0.3) is 0 Å². The topological polar surface area (TPSA) is 12.0 Å². The minimum Gasteiger partial charge on any atom is -0.310 e. The van der Waals surface area contributed by atoms with E-state index in [0.29, 0.717) is 6.04 Å². The Morgan fingerprint density at radius 1 is 1.44 bits per heavy atom. The van der Waals surface area contributed by atoms with E-state index in [-0.39, 0.29) is 0 Å². The molecule has 0 rings (SSSR count). The van der Waals surface area contributed by atoms with E-state index in [1.54, 1.807) is 0 Å². The predicted octanol–water partition coefficient (Wildman–Crippen LogP) is 2.34. The second-order valence-corrected chi connectivity index (χ2v) is 2.67. The smallest absolute Gasteiger partial charge is 0.0223 e. The molecule has 9 heavy (non-hydrogen) atoms. The Morgan fingerprint density at radius 3 is 2.56 bits per heavy atom. The molecule has 1 nitrogen and oxygen atoms in total. The van der Waals surface area contributed by atoms with Crippen LogP contribution in [-0.4, -0.2) is 6.04 Å². The molecule has 1 heteroatoms. The van der Waals surface area contributed by atoms with Gasteiger partial charge >= 0.3 is 0 Å². The molecule has 1 radical (unpaired) electrons. The SMILES string of the molecule is CCCC[CH]NC(C)C. The molecule has 0 amide bonds. The number of rotatable bonds is 5. The summed E-state index contributed by atoms with van der Waals surface area (Å²) in [7, 11) is 0. The van der Waals surface area contributed by atoms with Crippen LogP contribution in [0.5, 0.6) is 0 Å². The molecule has 0 aromatic rings. The summed E-state index contributed by atoms with van der Waals surface area (Å²) in [6.45, 7) is 8.68. The van der Waals surface area contributed by atoms with Gasteiger partial charge in [0.15, 0.2) is 0 Å². The summed E-state index contributed by atoms with van der Waals surface area (Å²) < 4.78 is 0. The maximum Gasteiger partial charge on any atom is 0.0223 e. The molecule has 0 aliphatic heterocycles. The standard InChI is InChI=1S/C8H18N/c1-4-5-6-7-9-8(2)3/h7-9H,4-6H2,1-3H3. The Hall–Kier alpha value is -0.0400. The lowest BCUT2D eigenvalue weighted by Crippen LogP contribution is -2.19. The zero-order valence-electron chi connectivity index (χ0n) is 6.78. The average molecular weight is 128 g/mol. The van der Waals surface area contributed by atoms with Crippen LogP contribution in [0.4, 0.5) is 0 Å². The molecule has 0 bridgehead atoms. The van der Waals surface area contributed by atoms with Crippen molar-refractivity contribution in [3.05, 3.63) is 6.54 Å². The first-order valence-corrected chi connectivity index (χ1v) is 3.85. The summed E-state index contributed by atoms with van der Waals surface area (Å²) >= 11 is 0. The Kier molecular flexibility index (Phi) is 6.06. The van der Waals surface area contributed by atoms with Gasteiger partial charge in [0.05, 0.1) is 0 Å². The number of hydrogen-bond acceptors (Lipinski definition) is 1. The van der Waals surface area contributed by atoms with Crippen LogP contribution in [-0.2, 0) is 0 Å². The fraction of sp³-hybridized carbons (Fsp3) is 0.875. The second kappa shape index (κ2) is 6.09. The van der Waals surface area contributed by atoms with Gasteiger partial charge in [0.1, 0.15) is 0 Å².